The number of nitrogens with zero attached hydrogens (tertiary/aromatic N) is 6. The quantitative estimate of drug-likeness (QED) is 0.405. The molecule has 1 aliphatic rings. The van der Waals surface area contributed by atoms with Crippen LogP contribution in [0.3, 0.4) is 0 Å². The molecule has 1 amide bonds. The second kappa shape index (κ2) is 11.8. The van der Waals surface area contributed by atoms with Gasteiger partial charge in [0.25, 0.3) is 0 Å². The molecule has 0 spiro atoms. The molecule has 1 aromatic carbocycles. The molecule has 3 aromatic rings. The summed E-state index contributed by atoms with van der Waals surface area (Å²) in [5.41, 5.74) is 1.80. The number of nitrogens with one attached hydrogen (secondary N) is 1. The van der Waals surface area contributed by atoms with Gasteiger partial charge in [-0.25, -0.2) is 9.48 Å². The molecule has 13 heteroatoms. The molecule has 2 aromatic heterocycles. The number of halogens is 1. The Morgan fingerprint density at radius 3 is 2.40 bits per heavy atom. The number of hydrogen-bond acceptors (Lipinski definition) is 9. The lowest BCUT2D eigenvalue weighted by molar-refractivity contribution is 0.0965. The predicted octanol–water partition coefficient (Wildman–Crippen LogP) is 3.53. The molecule has 0 radical (unpaired) electrons. The van der Waals surface area contributed by atoms with E-state index in [4.69, 9.17) is 31.2 Å². The number of rotatable bonds is 8. The van der Waals surface area contributed by atoms with E-state index in [2.05, 4.69) is 35.9 Å². The van der Waals surface area contributed by atoms with E-state index in [1.807, 2.05) is 26.0 Å². The predicted molar refractivity (Wildman–Crippen MR) is 150 cm³/mol. The van der Waals surface area contributed by atoms with Crippen molar-refractivity contribution in [3.8, 4) is 11.5 Å². The number of anilines is 1. The molecule has 0 unspecified atom stereocenters. The second-order valence-corrected chi connectivity index (χ2v) is 10.8. The largest absolute Gasteiger partial charge is 0.494 e. The molecule has 0 aliphatic carbocycles. The van der Waals surface area contributed by atoms with Crippen LogP contribution >= 0.6 is 11.6 Å². The topological polar surface area (TPSA) is 127 Å². The van der Waals surface area contributed by atoms with Crippen LogP contribution in [0.1, 0.15) is 50.5 Å². The van der Waals surface area contributed by atoms with Crippen molar-refractivity contribution < 1.29 is 23.8 Å². The van der Waals surface area contributed by atoms with Crippen molar-refractivity contribution in [1.29, 1.82) is 5.41 Å². The first-order chi connectivity index (χ1) is 19.0. The van der Waals surface area contributed by atoms with Gasteiger partial charge < -0.3 is 24.0 Å². The maximum Gasteiger partial charge on any atom is 0.415 e. The molecule has 1 N–H and O–H groups in total. The van der Waals surface area contributed by atoms with E-state index in [9.17, 15) is 9.59 Å². The second-order valence-electron chi connectivity index (χ2n) is 10.4. The minimum absolute atomic E-state index is 0.0133. The fraction of sp³-hybridized carbons (Fsp3) is 0.519. The zero-order valence-corrected chi connectivity index (χ0v) is 24.5. The number of amides is 1. The van der Waals surface area contributed by atoms with E-state index in [0.29, 0.717) is 45.0 Å². The fourth-order valence-corrected chi connectivity index (χ4v) is 4.77. The molecule has 3 heterocycles. The van der Waals surface area contributed by atoms with Crippen LogP contribution in [0.25, 0.3) is 5.65 Å². The summed E-state index contributed by atoms with van der Waals surface area (Å²) in [6.07, 6.45) is -0.574. The number of carbonyl (C=O) groups excluding carboxylic acids is 2. The Morgan fingerprint density at radius 1 is 1.12 bits per heavy atom. The number of morpholine rings is 1. The zero-order valence-electron chi connectivity index (χ0n) is 23.8. The van der Waals surface area contributed by atoms with Gasteiger partial charge in [-0.15, -0.1) is 5.10 Å². The molecule has 1 fully saturated rings. The van der Waals surface area contributed by atoms with Crippen LogP contribution < -0.4 is 20.0 Å². The molecular weight excluding hydrogens is 538 g/mol. The van der Waals surface area contributed by atoms with Crippen LogP contribution in [-0.4, -0.2) is 82.7 Å². The Kier molecular flexibility index (Phi) is 8.69. The van der Waals surface area contributed by atoms with Crippen LogP contribution in [0.5, 0.6) is 11.5 Å². The summed E-state index contributed by atoms with van der Waals surface area (Å²) in [6, 6.07) is 5.04. The summed E-state index contributed by atoms with van der Waals surface area (Å²) in [6.45, 7) is 13.1. The van der Waals surface area contributed by atoms with Gasteiger partial charge in [-0.3, -0.25) is 10.2 Å². The third-order valence-corrected chi connectivity index (χ3v) is 6.98. The summed E-state index contributed by atoms with van der Waals surface area (Å²) < 4.78 is 19.3. The number of hydrogen-bond donors (Lipinski definition) is 1. The first kappa shape index (κ1) is 29.3. The normalized spacial score (nSPS) is 13.9. The monoisotopic (exact) mass is 573 g/mol. The summed E-state index contributed by atoms with van der Waals surface area (Å²) in [7, 11) is 1.64. The van der Waals surface area contributed by atoms with Gasteiger partial charge in [0.15, 0.2) is 16.7 Å². The van der Waals surface area contributed by atoms with Gasteiger partial charge in [-0.05, 0) is 31.4 Å². The third-order valence-electron chi connectivity index (χ3n) is 6.79. The lowest BCUT2D eigenvalue weighted by Crippen LogP contribution is -2.37. The Balaban J connectivity index is 1.73. The highest BCUT2D eigenvalue weighted by molar-refractivity contribution is 6.29. The van der Waals surface area contributed by atoms with Crippen LogP contribution in [-0.2, 0) is 16.7 Å². The lowest BCUT2D eigenvalue weighted by atomic mass is 9.84. The van der Waals surface area contributed by atoms with Crippen molar-refractivity contribution in [2.24, 2.45) is 0 Å². The molecule has 1 aliphatic heterocycles. The number of ether oxygens (including phenoxy) is 3. The number of carbonyl (C=O) groups is 2. The Hall–Kier alpha value is -3.64. The van der Waals surface area contributed by atoms with Gasteiger partial charge in [0.2, 0.25) is 11.3 Å². The number of ketones is 1. The fourth-order valence-electron chi connectivity index (χ4n) is 4.60. The van der Waals surface area contributed by atoms with Crippen LogP contribution in [0.4, 0.5) is 10.5 Å². The molecule has 0 bridgehead atoms. The number of benzene rings is 1. The standard InChI is InChI=1S/C27H36ClN7O5/c1-7-32(8-2)26(37)40-21-15-22(28)30-35-24(21)31-34(25(35)29)16-20(36)17-13-18(27(3,4)5)23(38-6)19(14-17)33-9-11-39-12-10-33/h13-15,29H,7-12,16H2,1-6H3. The van der Waals surface area contributed by atoms with Crippen LogP contribution in [0.2, 0.25) is 5.15 Å². The zero-order chi connectivity index (χ0) is 29.2. The number of fused-ring (bicyclic) bond motifs is 1. The van der Waals surface area contributed by atoms with Gasteiger partial charge in [-0.1, -0.05) is 32.4 Å². The third kappa shape index (κ3) is 5.92. The molecule has 12 nitrogen and oxygen atoms in total. The summed E-state index contributed by atoms with van der Waals surface area (Å²) in [4.78, 5) is 29.9. The Morgan fingerprint density at radius 2 is 1.80 bits per heavy atom. The molecule has 0 atom stereocenters. The van der Waals surface area contributed by atoms with E-state index in [1.54, 1.807) is 7.11 Å². The maximum atomic E-state index is 13.7. The van der Waals surface area contributed by atoms with Gasteiger partial charge in [0.1, 0.15) is 12.3 Å². The number of methoxy groups -OCH3 is 1. The van der Waals surface area contributed by atoms with E-state index in [1.165, 1.54) is 15.6 Å². The van der Waals surface area contributed by atoms with Gasteiger partial charge in [0, 0.05) is 43.4 Å². The van der Waals surface area contributed by atoms with Crippen molar-refractivity contribution in [2.45, 2.75) is 46.6 Å². The first-order valence-corrected chi connectivity index (χ1v) is 13.6. The number of Topliss-reactive ketones (excluding diaryl/α,β-unsaturated/α-hetero) is 1. The van der Waals surface area contributed by atoms with Gasteiger partial charge >= 0.3 is 6.09 Å². The SMILES string of the molecule is CCN(CC)C(=O)Oc1cc(Cl)nn2c(=N)n(CC(=O)c3cc(N4CCOCC4)c(OC)c(C(C)(C)C)c3)nc12. The lowest BCUT2D eigenvalue weighted by Gasteiger charge is -2.33. The molecule has 216 valence electrons. The van der Waals surface area contributed by atoms with Crippen LogP contribution in [0.15, 0.2) is 18.2 Å². The molecule has 4 rings (SSSR count). The van der Waals surface area contributed by atoms with Gasteiger partial charge in [0.05, 0.1) is 26.0 Å². The number of aromatic nitrogens is 4. The van der Waals surface area contributed by atoms with Crippen molar-refractivity contribution in [3.05, 3.63) is 40.1 Å². The molecule has 1 saturated heterocycles. The van der Waals surface area contributed by atoms with Gasteiger partial charge in [-0.2, -0.15) is 9.61 Å². The highest BCUT2D eigenvalue weighted by Crippen LogP contribution is 2.40. The average Bonchev–Trinajstić information content (AvgIpc) is 3.23. The first-order valence-electron chi connectivity index (χ1n) is 13.2. The smallest absolute Gasteiger partial charge is 0.415 e. The highest BCUT2D eigenvalue weighted by atomic mass is 35.5. The average molecular weight is 574 g/mol. The Labute approximate surface area is 237 Å². The van der Waals surface area contributed by atoms with Crippen molar-refractivity contribution >= 4 is 34.8 Å². The molecular formula is C27H36ClN7O5. The molecule has 0 saturated carbocycles. The van der Waals surface area contributed by atoms with Crippen molar-refractivity contribution in [1.82, 2.24) is 24.3 Å². The van der Waals surface area contributed by atoms with Crippen LogP contribution in [0, 0.1) is 5.41 Å². The van der Waals surface area contributed by atoms with E-state index in [-0.39, 0.29) is 39.9 Å². The summed E-state index contributed by atoms with van der Waals surface area (Å²) in [5, 5.41) is 17.2. The van der Waals surface area contributed by atoms with Crippen molar-refractivity contribution in [3.63, 3.8) is 0 Å². The minimum atomic E-state index is -0.574. The van der Waals surface area contributed by atoms with E-state index in [0.717, 1.165) is 21.5 Å². The summed E-state index contributed by atoms with van der Waals surface area (Å²) >= 11 is 6.17. The maximum absolute atomic E-state index is 13.7. The van der Waals surface area contributed by atoms with E-state index < -0.39 is 6.09 Å². The van der Waals surface area contributed by atoms with Crippen molar-refractivity contribution in [2.75, 3.05) is 51.4 Å². The highest BCUT2D eigenvalue weighted by Gasteiger charge is 2.28. The minimum Gasteiger partial charge on any atom is -0.494 e. The van der Waals surface area contributed by atoms with E-state index >= 15 is 0 Å². The molecule has 40 heavy (non-hydrogen) atoms. The summed E-state index contributed by atoms with van der Waals surface area (Å²) in [5.74, 6) is 0.522. The Bertz CT molecular complexity index is 1470.